The summed E-state index contributed by atoms with van der Waals surface area (Å²) >= 11 is 6.16. The first-order chi connectivity index (χ1) is 10.6. The Kier molecular flexibility index (Phi) is 4.67. The molecule has 1 saturated carbocycles. The quantitative estimate of drug-likeness (QED) is 0.923. The summed E-state index contributed by atoms with van der Waals surface area (Å²) in [4.78, 5) is 26.5. The van der Waals surface area contributed by atoms with Crippen LogP contribution in [0.3, 0.4) is 0 Å². The number of halogens is 1. The Morgan fingerprint density at radius 2 is 1.82 bits per heavy atom. The first kappa shape index (κ1) is 15.3. The molecular formula is C17H21ClN2O2. The maximum atomic E-state index is 12.5. The molecule has 2 aliphatic rings. The van der Waals surface area contributed by atoms with Gasteiger partial charge in [0.25, 0.3) is 5.91 Å². The van der Waals surface area contributed by atoms with Gasteiger partial charge in [0.05, 0.1) is 10.7 Å². The lowest BCUT2D eigenvalue weighted by Crippen LogP contribution is -2.35. The average Bonchev–Trinajstić information content (AvgIpc) is 2.48. The molecule has 2 amide bonds. The highest BCUT2D eigenvalue weighted by Crippen LogP contribution is 2.30. The second-order valence-electron chi connectivity index (χ2n) is 6.16. The number of rotatable bonds is 3. The Morgan fingerprint density at radius 1 is 1.09 bits per heavy atom. The fraction of sp³-hybridized carbons (Fsp3) is 0.529. The summed E-state index contributed by atoms with van der Waals surface area (Å²) in [5.74, 6) is 0.128. The van der Waals surface area contributed by atoms with Crippen molar-refractivity contribution in [2.45, 2.75) is 38.5 Å². The molecule has 3 rings (SSSR count). The van der Waals surface area contributed by atoms with Gasteiger partial charge in [-0.25, -0.2) is 0 Å². The zero-order valence-corrected chi connectivity index (χ0v) is 13.4. The highest BCUT2D eigenvalue weighted by molar-refractivity contribution is 6.33. The second-order valence-corrected chi connectivity index (χ2v) is 6.57. The number of carbonyl (C=O) groups excluding carboxylic acids is 2. The molecule has 118 valence electrons. The van der Waals surface area contributed by atoms with E-state index in [-0.39, 0.29) is 17.7 Å². The third-order valence-corrected chi connectivity index (χ3v) is 4.92. The van der Waals surface area contributed by atoms with Crippen LogP contribution in [0.4, 0.5) is 5.69 Å². The zero-order valence-electron chi connectivity index (χ0n) is 12.6. The molecule has 22 heavy (non-hydrogen) atoms. The normalized spacial score (nSPS) is 18.7. The van der Waals surface area contributed by atoms with Crippen LogP contribution in [0.5, 0.6) is 0 Å². The molecule has 1 aromatic carbocycles. The molecule has 1 N–H and O–H groups in total. The molecule has 1 aliphatic carbocycles. The Bertz CT molecular complexity index is 578. The number of carbonyl (C=O) groups is 2. The maximum Gasteiger partial charge on any atom is 0.253 e. The van der Waals surface area contributed by atoms with Crippen LogP contribution >= 0.6 is 11.6 Å². The van der Waals surface area contributed by atoms with Crippen molar-refractivity contribution in [3.05, 3.63) is 28.8 Å². The van der Waals surface area contributed by atoms with E-state index < -0.39 is 0 Å². The molecule has 0 radical (unpaired) electrons. The minimum atomic E-state index is 0.00993. The van der Waals surface area contributed by atoms with Crippen molar-refractivity contribution >= 4 is 29.1 Å². The molecule has 0 aromatic heterocycles. The summed E-state index contributed by atoms with van der Waals surface area (Å²) in [5, 5.41) is 3.34. The fourth-order valence-corrected chi connectivity index (χ4v) is 3.10. The molecular weight excluding hydrogens is 300 g/mol. The summed E-state index contributed by atoms with van der Waals surface area (Å²) in [6, 6.07) is 5.13. The van der Waals surface area contributed by atoms with Crippen molar-refractivity contribution in [3.8, 4) is 0 Å². The summed E-state index contributed by atoms with van der Waals surface area (Å²) in [6.45, 7) is 1.62. The van der Waals surface area contributed by atoms with Crippen LogP contribution in [0.15, 0.2) is 18.2 Å². The van der Waals surface area contributed by atoms with Crippen molar-refractivity contribution in [2.24, 2.45) is 5.92 Å². The lowest BCUT2D eigenvalue weighted by Gasteiger charge is -2.27. The average molecular weight is 321 g/mol. The highest BCUT2D eigenvalue weighted by atomic mass is 35.5. The van der Waals surface area contributed by atoms with E-state index in [1.165, 1.54) is 6.42 Å². The summed E-state index contributed by atoms with van der Waals surface area (Å²) in [7, 11) is 0. The van der Waals surface area contributed by atoms with Gasteiger partial charge in [0.1, 0.15) is 0 Å². The van der Waals surface area contributed by atoms with E-state index in [4.69, 9.17) is 11.6 Å². The fourth-order valence-electron chi connectivity index (χ4n) is 2.94. The minimum absolute atomic E-state index is 0.00993. The number of nitrogens with zero attached hydrogens (tertiary/aromatic N) is 1. The molecule has 0 unspecified atom stereocenters. The van der Waals surface area contributed by atoms with Crippen LogP contribution < -0.4 is 5.32 Å². The van der Waals surface area contributed by atoms with E-state index in [0.717, 1.165) is 45.2 Å². The number of amides is 2. The second kappa shape index (κ2) is 6.69. The van der Waals surface area contributed by atoms with E-state index in [2.05, 4.69) is 5.32 Å². The molecule has 1 aromatic rings. The van der Waals surface area contributed by atoms with Crippen LogP contribution in [-0.2, 0) is 4.79 Å². The Labute approximate surface area is 135 Å². The van der Waals surface area contributed by atoms with Crippen molar-refractivity contribution in [3.63, 3.8) is 0 Å². The predicted molar refractivity (Wildman–Crippen MR) is 87.2 cm³/mol. The minimum Gasteiger partial charge on any atom is -0.339 e. The van der Waals surface area contributed by atoms with Gasteiger partial charge in [0.15, 0.2) is 0 Å². The molecule has 0 spiro atoms. The van der Waals surface area contributed by atoms with Crippen molar-refractivity contribution in [1.29, 1.82) is 0 Å². The zero-order chi connectivity index (χ0) is 15.5. The summed E-state index contributed by atoms with van der Waals surface area (Å²) in [6.07, 6.45) is 6.30. The predicted octanol–water partition coefficient (Wildman–Crippen LogP) is 3.70. The first-order valence-electron chi connectivity index (χ1n) is 8.05. The van der Waals surface area contributed by atoms with Crippen LogP contribution in [0.2, 0.25) is 5.02 Å². The van der Waals surface area contributed by atoms with Gasteiger partial charge in [-0.1, -0.05) is 18.0 Å². The largest absolute Gasteiger partial charge is 0.339 e. The first-order valence-corrected chi connectivity index (χ1v) is 8.42. The topological polar surface area (TPSA) is 49.4 Å². The molecule has 2 fully saturated rings. The number of benzene rings is 1. The lowest BCUT2D eigenvalue weighted by atomic mass is 9.85. The van der Waals surface area contributed by atoms with Crippen molar-refractivity contribution in [1.82, 2.24) is 4.90 Å². The molecule has 4 nitrogen and oxygen atoms in total. The number of hydrogen-bond acceptors (Lipinski definition) is 2. The van der Waals surface area contributed by atoms with Crippen LogP contribution in [-0.4, -0.2) is 29.8 Å². The third kappa shape index (κ3) is 3.27. The Morgan fingerprint density at radius 3 is 2.45 bits per heavy atom. The lowest BCUT2D eigenvalue weighted by molar-refractivity contribution is -0.122. The maximum absolute atomic E-state index is 12.5. The summed E-state index contributed by atoms with van der Waals surface area (Å²) < 4.78 is 0. The number of anilines is 1. The molecule has 5 heteroatoms. The number of likely N-dealkylation sites (tertiary alicyclic amines) is 1. The van der Waals surface area contributed by atoms with E-state index >= 15 is 0 Å². The van der Waals surface area contributed by atoms with Crippen molar-refractivity contribution < 1.29 is 9.59 Å². The van der Waals surface area contributed by atoms with Crippen LogP contribution in [0.25, 0.3) is 0 Å². The number of nitrogens with one attached hydrogen (secondary N) is 1. The molecule has 1 saturated heterocycles. The van der Waals surface area contributed by atoms with Gasteiger partial charge in [-0.2, -0.15) is 0 Å². The third-order valence-electron chi connectivity index (χ3n) is 4.59. The molecule has 1 heterocycles. The van der Waals surface area contributed by atoms with Crippen LogP contribution in [0.1, 0.15) is 48.9 Å². The highest BCUT2D eigenvalue weighted by Gasteiger charge is 2.26. The van der Waals surface area contributed by atoms with Gasteiger partial charge >= 0.3 is 0 Å². The molecule has 0 bridgehead atoms. The standard InChI is InChI=1S/C17H21ClN2O2/c18-14-8-7-13(17(22)20-9-2-1-3-10-20)11-15(14)19-16(21)12-5-4-6-12/h7-8,11-12H,1-6,9-10H2,(H,19,21). The summed E-state index contributed by atoms with van der Waals surface area (Å²) in [5.41, 5.74) is 1.14. The van der Waals surface area contributed by atoms with E-state index in [0.29, 0.717) is 16.3 Å². The van der Waals surface area contributed by atoms with E-state index in [9.17, 15) is 9.59 Å². The monoisotopic (exact) mass is 320 g/mol. The van der Waals surface area contributed by atoms with Gasteiger partial charge in [-0.05, 0) is 50.3 Å². The van der Waals surface area contributed by atoms with E-state index in [1.807, 2.05) is 4.90 Å². The van der Waals surface area contributed by atoms with E-state index in [1.54, 1.807) is 18.2 Å². The molecule has 0 atom stereocenters. The smallest absolute Gasteiger partial charge is 0.253 e. The van der Waals surface area contributed by atoms with Crippen LogP contribution in [0, 0.1) is 5.92 Å². The molecule has 1 aliphatic heterocycles. The number of hydrogen-bond donors (Lipinski definition) is 1. The van der Waals surface area contributed by atoms with Gasteiger partial charge < -0.3 is 10.2 Å². The van der Waals surface area contributed by atoms with Gasteiger partial charge in [-0.3, -0.25) is 9.59 Å². The SMILES string of the molecule is O=C(Nc1cc(C(=O)N2CCCCC2)ccc1Cl)C1CCC1. The van der Waals surface area contributed by atoms with Gasteiger partial charge in [0.2, 0.25) is 5.91 Å². The Hall–Kier alpha value is -1.55. The van der Waals surface area contributed by atoms with Crippen molar-refractivity contribution in [2.75, 3.05) is 18.4 Å². The number of piperidine rings is 1. The Balaban J connectivity index is 1.73. The van der Waals surface area contributed by atoms with Gasteiger partial charge in [-0.15, -0.1) is 0 Å². The van der Waals surface area contributed by atoms with Gasteiger partial charge in [0, 0.05) is 24.6 Å².